The Hall–Kier alpha value is -2.31. The molecule has 0 spiro atoms. The Kier molecular flexibility index (Phi) is 3.78. The normalized spacial score (nSPS) is 23.3. The number of hydrogen-bond acceptors (Lipinski definition) is 3. The zero-order valence-electron chi connectivity index (χ0n) is 13.6. The highest BCUT2D eigenvalue weighted by molar-refractivity contribution is 5.94. The molecule has 2 fully saturated rings. The number of aryl methyl sites for hydroxylation is 2. The number of rotatable bonds is 2. The van der Waals surface area contributed by atoms with Crippen LogP contribution in [0.5, 0.6) is 0 Å². The van der Waals surface area contributed by atoms with E-state index in [2.05, 4.69) is 10.3 Å². The summed E-state index contributed by atoms with van der Waals surface area (Å²) in [5, 5.41) is 2.81. The summed E-state index contributed by atoms with van der Waals surface area (Å²) in [6.07, 6.45) is 4.58. The molecule has 3 aliphatic rings. The standard InChI is InChI=1S/C17H22N4O3/c22-15-13(9-11-3-1-5-14(11)19-15)16(23)20-7-2-4-12(10-20)21-8-6-18-17(21)24/h9,12H,1-8,10H2,(H,18,24)(H,19,22). The van der Waals surface area contributed by atoms with Crippen LogP contribution in [0.4, 0.5) is 4.79 Å². The van der Waals surface area contributed by atoms with E-state index < -0.39 is 0 Å². The lowest BCUT2D eigenvalue weighted by atomic mass is 10.0. The molecule has 2 aliphatic heterocycles. The average molecular weight is 330 g/mol. The van der Waals surface area contributed by atoms with Crippen molar-refractivity contribution in [2.45, 2.75) is 38.1 Å². The molecule has 1 atom stereocenters. The van der Waals surface area contributed by atoms with Gasteiger partial charge in [-0.15, -0.1) is 0 Å². The van der Waals surface area contributed by atoms with Crippen molar-refractivity contribution in [1.82, 2.24) is 20.1 Å². The van der Waals surface area contributed by atoms with Crippen LogP contribution >= 0.6 is 0 Å². The van der Waals surface area contributed by atoms with Crippen LogP contribution in [-0.4, -0.2) is 58.9 Å². The van der Waals surface area contributed by atoms with Gasteiger partial charge < -0.3 is 20.1 Å². The van der Waals surface area contributed by atoms with Crippen molar-refractivity contribution in [1.29, 1.82) is 0 Å². The Bertz CT molecular complexity index is 742. The quantitative estimate of drug-likeness (QED) is 0.828. The second kappa shape index (κ2) is 5.96. The molecule has 7 heteroatoms. The molecule has 1 aliphatic carbocycles. The second-order valence-corrected chi connectivity index (χ2v) is 6.84. The lowest BCUT2D eigenvalue weighted by molar-refractivity contribution is 0.0632. The van der Waals surface area contributed by atoms with Crippen molar-refractivity contribution in [2.75, 3.05) is 26.2 Å². The molecule has 24 heavy (non-hydrogen) atoms. The summed E-state index contributed by atoms with van der Waals surface area (Å²) in [6.45, 7) is 2.49. The summed E-state index contributed by atoms with van der Waals surface area (Å²) in [5.41, 5.74) is 2.01. The maximum absolute atomic E-state index is 12.8. The first kappa shape index (κ1) is 15.2. The molecule has 1 unspecified atom stereocenters. The summed E-state index contributed by atoms with van der Waals surface area (Å²) in [5.74, 6) is -0.213. The molecule has 2 N–H and O–H groups in total. The monoisotopic (exact) mass is 330 g/mol. The number of carbonyl (C=O) groups excluding carboxylic acids is 2. The summed E-state index contributed by atoms with van der Waals surface area (Å²) in [7, 11) is 0. The third-order valence-electron chi connectivity index (χ3n) is 5.33. The highest BCUT2D eigenvalue weighted by atomic mass is 16.2. The lowest BCUT2D eigenvalue weighted by Crippen LogP contribution is -2.51. The van der Waals surface area contributed by atoms with Gasteiger partial charge in [0.15, 0.2) is 0 Å². The fraction of sp³-hybridized carbons (Fsp3) is 0.588. The van der Waals surface area contributed by atoms with Crippen LogP contribution in [0.15, 0.2) is 10.9 Å². The summed E-state index contributed by atoms with van der Waals surface area (Å²) in [6, 6.07) is 1.76. The van der Waals surface area contributed by atoms with Crippen molar-refractivity contribution in [3.8, 4) is 0 Å². The van der Waals surface area contributed by atoms with Gasteiger partial charge in [-0.1, -0.05) is 0 Å². The van der Waals surface area contributed by atoms with Gasteiger partial charge in [0.05, 0.1) is 6.04 Å². The van der Waals surface area contributed by atoms with E-state index in [0.29, 0.717) is 26.2 Å². The number of carbonyl (C=O) groups is 2. The number of nitrogens with one attached hydrogen (secondary N) is 2. The zero-order valence-corrected chi connectivity index (χ0v) is 13.6. The van der Waals surface area contributed by atoms with Gasteiger partial charge in [0.1, 0.15) is 5.56 Å². The van der Waals surface area contributed by atoms with Gasteiger partial charge in [-0.05, 0) is 43.7 Å². The van der Waals surface area contributed by atoms with E-state index in [1.165, 1.54) is 0 Å². The summed E-state index contributed by atoms with van der Waals surface area (Å²) >= 11 is 0. The minimum atomic E-state index is -0.290. The fourth-order valence-electron chi connectivity index (χ4n) is 4.07. The molecule has 1 aromatic rings. The van der Waals surface area contributed by atoms with Crippen molar-refractivity contribution in [3.05, 3.63) is 33.2 Å². The molecule has 1 aromatic heterocycles. The van der Waals surface area contributed by atoms with E-state index in [-0.39, 0.29) is 29.1 Å². The van der Waals surface area contributed by atoms with Crippen molar-refractivity contribution < 1.29 is 9.59 Å². The number of pyridine rings is 1. The third kappa shape index (κ3) is 2.57. The van der Waals surface area contributed by atoms with Gasteiger partial charge >= 0.3 is 6.03 Å². The predicted molar refractivity (Wildman–Crippen MR) is 88.1 cm³/mol. The molecule has 0 saturated carbocycles. The first-order valence-corrected chi connectivity index (χ1v) is 8.72. The van der Waals surface area contributed by atoms with Gasteiger partial charge in [-0.3, -0.25) is 9.59 Å². The van der Waals surface area contributed by atoms with Crippen LogP contribution in [-0.2, 0) is 12.8 Å². The number of likely N-dealkylation sites (tertiary alicyclic amines) is 1. The second-order valence-electron chi connectivity index (χ2n) is 6.84. The van der Waals surface area contributed by atoms with Crippen LogP contribution in [0.2, 0.25) is 0 Å². The number of hydrogen-bond donors (Lipinski definition) is 2. The van der Waals surface area contributed by atoms with Crippen molar-refractivity contribution >= 4 is 11.9 Å². The zero-order chi connectivity index (χ0) is 16.7. The van der Waals surface area contributed by atoms with Gasteiger partial charge in [-0.2, -0.15) is 0 Å². The first-order valence-electron chi connectivity index (χ1n) is 8.72. The minimum Gasteiger partial charge on any atom is -0.336 e. The SMILES string of the molecule is O=C(c1cc2c([nH]c1=O)CCC2)N1CCCC(N2CCNC2=O)C1. The number of aromatic amines is 1. The Morgan fingerprint density at radius 2 is 2.04 bits per heavy atom. The topological polar surface area (TPSA) is 85.5 Å². The Morgan fingerprint density at radius 3 is 2.83 bits per heavy atom. The summed E-state index contributed by atoms with van der Waals surface area (Å²) < 4.78 is 0. The van der Waals surface area contributed by atoms with E-state index in [0.717, 1.165) is 43.4 Å². The number of nitrogens with zero attached hydrogens (tertiary/aromatic N) is 2. The molecule has 3 amide bonds. The van der Waals surface area contributed by atoms with Gasteiger partial charge in [0.2, 0.25) is 0 Å². The predicted octanol–water partition coefficient (Wildman–Crippen LogP) is 0.493. The van der Waals surface area contributed by atoms with Crippen LogP contribution in [0.25, 0.3) is 0 Å². The average Bonchev–Trinajstić information content (AvgIpc) is 3.21. The van der Waals surface area contributed by atoms with E-state index >= 15 is 0 Å². The largest absolute Gasteiger partial charge is 0.336 e. The van der Waals surface area contributed by atoms with Gasteiger partial charge in [0, 0.05) is 31.9 Å². The third-order valence-corrected chi connectivity index (χ3v) is 5.33. The van der Waals surface area contributed by atoms with E-state index in [9.17, 15) is 14.4 Å². The highest BCUT2D eigenvalue weighted by Crippen LogP contribution is 2.22. The minimum absolute atomic E-state index is 0.0405. The molecule has 2 saturated heterocycles. The van der Waals surface area contributed by atoms with Crippen LogP contribution in [0, 0.1) is 0 Å². The van der Waals surface area contributed by atoms with Crippen LogP contribution in [0.3, 0.4) is 0 Å². The molecule has 0 aromatic carbocycles. The molecule has 0 bridgehead atoms. The number of amides is 3. The van der Waals surface area contributed by atoms with Crippen LogP contribution < -0.4 is 10.9 Å². The molecule has 4 rings (SSSR count). The number of aromatic nitrogens is 1. The molecule has 128 valence electrons. The summed E-state index contributed by atoms with van der Waals surface area (Å²) in [4.78, 5) is 43.4. The lowest BCUT2D eigenvalue weighted by Gasteiger charge is -2.37. The van der Waals surface area contributed by atoms with E-state index in [1.807, 2.05) is 4.90 Å². The smallest absolute Gasteiger partial charge is 0.317 e. The maximum Gasteiger partial charge on any atom is 0.317 e. The molecule has 7 nitrogen and oxygen atoms in total. The molecular formula is C17H22N4O3. The highest BCUT2D eigenvalue weighted by Gasteiger charge is 2.33. The van der Waals surface area contributed by atoms with Gasteiger partial charge in [0.25, 0.3) is 11.5 Å². The van der Waals surface area contributed by atoms with Crippen molar-refractivity contribution in [3.63, 3.8) is 0 Å². The van der Waals surface area contributed by atoms with Crippen LogP contribution in [0.1, 0.15) is 40.9 Å². The Labute approximate surface area is 140 Å². The van der Waals surface area contributed by atoms with Gasteiger partial charge in [-0.25, -0.2) is 4.79 Å². The number of piperidine rings is 1. The molecule has 3 heterocycles. The Morgan fingerprint density at radius 1 is 1.17 bits per heavy atom. The fourth-order valence-corrected chi connectivity index (χ4v) is 4.07. The number of H-pyrrole nitrogens is 1. The number of fused-ring (bicyclic) bond motifs is 1. The number of urea groups is 1. The maximum atomic E-state index is 12.8. The molecule has 0 radical (unpaired) electrons. The van der Waals surface area contributed by atoms with Crippen molar-refractivity contribution in [2.24, 2.45) is 0 Å². The first-order chi connectivity index (χ1) is 11.6. The van der Waals surface area contributed by atoms with E-state index in [4.69, 9.17) is 0 Å². The van der Waals surface area contributed by atoms with E-state index in [1.54, 1.807) is 11.0 Å². The Balaban J connectivity index is 1.54. The molecular weight excluding hydrogens is 308 g/mol.